The lowest BCUT2D eigenvalue weighted by Gasteiger charge is -2.29. The summed E-state index contributed by atoms with van der Waals surface area (Å²) in [7, 11) is 4.10. The smallest absolute Gasteiger partial charge is 0.307 e. The number of rotatable bonds is 36. The van der Waals surface area contributed by atoms with Crippen LogP contribution in [0.5, 0.6) is 0 Å². The molecule has 4 fully saturated rings. The van der Waals surface area contributed by atoms with Crippen molar-refractivity contribution in [2.75, 3.05) is 79.9 Å². The van der Waals surface area contributed by atoms with E-state index in [1.807, 2.05) is 13.8 Å². The van der Waals surface area contributed by atoms with Crippen LogP contribution in [0, 0.1) is 58.2 Å². The molecule has 0 aromatic rings. The minimum absolute atomic E-state index is 0.0422. The molecule has 77 heavy (non-hydrogen) atoms. The zero-order chi connectivity index (χ0) is 56.1. The van der Waals surface area contributed by atoms with Gasteiger partial charge in [-0.2, -0.15) is 0 Å². The number of carbonyl (C=O) groups excluding carboxylic acids is 6. The van der Waals surface area contributed by atoms with Crippen LogP contribution < -0.4 is 0 Å². The fourth-order valence-corrected chi connectivity index (χ4v) is 11.7. The van der Waals surface area contributed by atoms with E-state index >= 15 is 0 Å². The van der Waals surface area contributed by atoms with Crippen LogP contribution >= 0.6 is 0 Å². The molecular formula is C63H110N2O12. The van der Waals surface area contributed by atoms with Gasteiger partial charge in [0, 0.05) is 38.8 Å². The lowest BCUT2D eigenvalue weighted by atomic mass is 9.81. The lowest BCUT2D eigenvalue weighted by Crippen LogP contribution is -2.38. The van der Waals surface area contributed by atoms with E-state index in [-0.39, 0.29) is 76.4 Å². The number of nitrogens with zero attached hydrogens (tertiary/aromatic N) is 2. The summed E-state index contributed by atoms with van der Waals surface area (Å²) in [5.41, 5.74) is -1.88. The van der Waals surface area contributed by atoms with E-state index < -0.39 is 22.8 Å². The molecule has 0 aromatic heterocycles. The van der Waals surface area contributed by atoms with Gasteiger partial charge in [0.2, 0.25) is 0 Å². The third-order valence-corrected chi connectivity index (χ3v) is 17.9. The molecule has 14 heteroatoms. The molecule has 4 aliphatic carbocycles. The Bertz CT molecular complexity index is 1510. The highest BCUT2D eigenvalue weighted by Gasteiger charge is 2.34. The van der Waals surface area contributed by atoms with Crippen molar-refractivity contribution in [1.82, 2.24) is 9.80 Å². The van der Waals surface area contributed by atoms with Gasteiger partial charge in [0.25, 0.3) is 0 Å². The van der Waals surface area contributed by atoms with Gasteiger partial charge >= 0.3 is 35.8 Å². The predicted octanol–water partition coefficient (Wildman–Crippen LogP) is 12.5. The molecule has 0 saturated heterocycles. The molecule has 444 valence electrons. The van der Waals surface area contributed by atoms with Gasteiger partial charge < -0.3 is 38.2 Å². The number of carbonyl (C=O) groups is 6. The first kappa shape index (κ1) is 66.3. The Morgan fingerprint density at radius 1 is 0.338 bits per heavy atom. The minimum Gasteiger partial charge on any atom is -0.465 e. The molecule has 14 nitrogen and oxygen atoms in total. The van der Waals surface area contributed by atoms with E-state index in [1.54, 1.807) is 0 Å². The molecule has 0 aromatic carbocycles. The third kappa shape index (κ3) is 29.7. The predicted molar refractivity (Wildman–Crippen MR) is 301 cm³/mol. The van der Waals surface area contributed by atoms with Crippen molar-refractivity contribution < 1.29 is 57.2 Å². The van der Waals surface area contributed by atoms with E-state index in [2.05, 4.69) is 51.6 Å². The van der Waals surface area contributed by atoms with Gasteiger partial charge in [-0.15, -0.1) is 0 Å². The van der Waals surface area contributed by atoms with Gasteiger partial charge in [0.15, 0.2) is 0 Å². The number of ether oxygens (including phenoxy) is 6. The van der Waals surface area contributed by atoms with Crippen LogP contribution in [0.2, 0.25) is 0 Å². The second-order valence-electron chi connectivity index (χ2n) is 26.4. The Balaban J connectivity index is 1.31. The van der Waals surface area contributed by atoms with E-state index in [1.165, 1.54) is 51.4 Å². The van der Waals surface area contributed by atoms with E-state index in [4.69, 9.17) is 28.4 Å². The normalized spacial score (nSPS) is 25.5. The summed E-state index contributed by atoms with van der Waals surface area (Å²) in [6, 6.07) is 0. The molecule has 0 unspecified atom stereocenters. The van der Waals surface area contributed by atoms with Crippen molar-refractivity contribution in [3.05, 3.63) is 0 Å². The van der Waals surface area contributed by atoms with Crippen LogP contribution in [0.3, 0.4) is 0 Å². The molecule has 0 bridgehead atoms. The molecule has 4 saturated carbocycles. The molecule has 0 atom stereocenters. The highest BCUT2D eigenvalue weighted by Crippen LogP contribution is 2.35. The second-order valence-corrected chi connectivity index (χ2v) is 26.4. The van der Waals surface area contributed by atoms with E-state index in [9.17, 15) is 28.8 Å². The molecule has 0 amide bonds. The molecule has 4 aliphatic rings. The monoisotopic (exact) mass is 1090 g/mol. The van der Waals surface area contributed by atoms with Crippen LogP contribution in [-0.2, 0) is 57.2 Å². The first-order valence-electron chi connectivity index (χ1n) is 31.1. The van der Waals surface area contributed by atoms with Gasteiger partial charge in [-0.3, -0.25) is 28.8 Å². The fourth-order valence-electron chi connectivity index (χ4n) is 11.7. The maximum absolute atomic E-state index is 13.5. The summed E-state index contributed by atoms with van der Waals surface area (Å²) >= 11 is 0. The number of unbranched alkanes of at least 4 members (excludes halogenated alkanes) is 2. The van der Waals surface area contributed by atoms with Gasteiger partial charge in [-0.05, 0) is 127 Å². The zero-order valence-corrected chi connectivity index (χ0v) is 50.0. The molecule has 0 N–H and O–H groups in total. The van der Waals surface area contributed by atoms with Crippen molar-refractivity contribution in [2.24, 2.45) is 58.2 Å². The van der Waals surface area contributed by atoms with Gasteiger partial charge in [-0.25, -0.2) is 0 Å². The van der Waals surface area contributed by atoms with Crippen LogP contribution in [-0.4, -0.2) is 126 Å². The maximum atomic E-state index is 13.5. The summed E-state index contributed by atoms with van der Waals surface area (Å²) in [6.07, 6.45) is 26.1. The van der Waals surface area contributed by atoms with Crippen LogP contribution in [0.4, 0.5) is 0 Å². The van der Waals surface area contributed by atoms with Crippen molar-refractivity contribution in [3.63, 3.8) is 0 Å². The molecule has 0 heterocycles. The fraction of sp³-hybridized carbons (Fsp3) is 0.905. The Morgan fingerprint density at radius 2 is 0.571 bits per heavy atom. The summed E-state index contributed by atoms with van der Waals surface area (Å²) in [5.74, 6) is 3.01. The molecule has 0 aliphatic heterocycles. The van der Waals surface area contributed by atoms with Crippen LogP contribution in [0.15, 0.2) is 0 Å². The maximum Gasteiger partial charge on any atom is 0.307 e. The summed E-state index contributed by atoms with van der Waals surface area (Å²) in [5, 5.41) is 0. The SMILES string of the molecule is CC1CCC(CCC(=O)OCC(C)(COC(=O)CCC2CCC(C)CC2)COC(=O)CCN(CCCCCN(C)C)CCC(=O)OCC(C)(COC(=O)CCC2CCC(C)CC2)COC(=O)CCC2CCC(C)CC2)CC1. The highest BCUT2D eigenvalue weighted by molar-refractivity contribution is 5.72. The van der Waals surface area contributed by atoms with E-state index in [0.717, 1.165) is 127 Å². The summed E-state index contributed by atoms with van der Waals surface area (Å²) < 4.78 is 35.0. The zero-order valence-electron chi connectivity index (χ0n) is 50.0. The van der Waals surface area contributed by atoms with Crippen molar-refractivity contribution >= 4 is 35.8 Å². The quantitative estimate of drug-likeness (QED) is 0.0331. The molecule has 0 spiro atoms. The lowest BCUT2D eigenvalue weighted by molar-refractivity contribution is -0.163. The number of hydrogen-bond acceptors (Lipinski definition) is 14. The standard InChI is InChI=1S/C63H110N2O12/c1-48-12-20-52(21-13-48)28-32-56(66)72-42-62(5,43-73-57(67)33-29-53-22-14-49(2)15-23-53)46-76-60(70)36-40-65(39-11-9-10-38-64(7)8)41-37-61(71)77-47-63(6,44-74-58(68)34-30-54-24-16-50(3)17-25-54)45-75-59(69)35-31-55-26-18-51(4)19-27-55/h48-55H,9-47H2,1-8H3. The van der Waals surface area contributed by atoms with Gasteiger partial charge in [-0.1, -0.05) is 137 Å². The Labute approximate surface area is 467 Å². The van der Waals surface area contributed by atoms with Crippen LogP contribution in [0.25, 0.3) is 0 Å². The number of hydrogen-bond donors (Lipinski definition) is 0. The second kappa shape index (κ2) is 36.2. The molecular weight excluding hydrogens is 977 g/mol. The summed E-state index contributed by atoms with van der Waals surface area (Å²) in [6.45, 7) is 14.8. The average molecular weight is 1090 g/mol. The molecule has 4 rings (SSSR count). The van der Waals surface area contributed by atoms with Gasteiger partial charge in [0.1, 0.15) is 39.6 Å². The third-order valence-electron chi connectivity index (χ3n) is 17.9. The molecule has 0 radical (unpaired) electrons. The Morgan fingerprint density at radius 3 is 0.818 bits per heavy atom. The average Bonchev–Trinajstić information content (AvgIpc) is 3.41. The summed E-state index contributed by atoms with van der Waals surface area (Å²) in [4.78, 5) is 83.5. The largest absolute Gasteiger partial charge is 0.465 e. The van der Waals surface area contributed by atoms with Crippen molar-refractivity contribution in [3.8, 4) is 0 Å². The van der Waals surface area contributed by atoms with Crippen molar-refractivity contribution in [2.45, 2.75) is 228 Å². The number of esters is 6. The Hall–Kier alpha value is -3.26. The minimum atomic E-state index is -0.940. The topological polar surface area (TPSA) is 164 Å². The Kier molecular flexibility index (Phi) is 31.1. The highest BCUT2D eigenvalue weighted by atomic mass is 16.6. The first-order chi connectivity index (χ1) is 36.7. The van der Waals surface area contributed by atoms with E-state index in [0.29, 0.717) is 69.0 Å². The van der Waals surface area contributed by atoms with Crippen molar-refractivity contribution in [1.29, 1.82) is 0 Å². The van der Waals surface area contributed by atoms with Crippen LogP contribution in [0.1, 0.15) is 228 Å². The van der Waals surface area contributed by atoms with Gasteiger partial charge in [0.05, 0.1) is 23.7 Å². The first-order valence-corrected chi connectivity index (χ1v) is 31.1.